The van der Waals surface area contributed by atoms with E-state index in [4.69, 9.17) is 0 Å². The first-order valence-electron chi connectivity index (χ1n) is 6.17. The number of thiophene rings is 1. The molecule has 2 N–H and O–H groups in total. The predicted octanol–water partition coefficient (Wildman–Crippen LogP) is 3.00. The number of benzene rings is 1. The van der Waals surface area contributed by atoms with Gasteiger partial charge in [-0.3, -0.25) is 10.2 Å². The quantitative estimate of drug-likeness (QED) is 0.819. The Kier molecular flexibility index (Phi) is 5.35. The lowest BCUT2D eigenvalue weighted by molar-refractivity contribution is 0.0931. The molecule has 1 heterocycles. The van der Waals surface area contributed by atoms with Gasteiger partial charge in [-0.05, 0) is 40.2 Å². The second-order valence-corrected chi connectivity index (χ2v) is 6.86. The molecule has 3 amide bonds. The zero-order chi connectivity index (χ0) is 15.2. The van der Waals surface area contributed by atoms with Crippen LogP contribution in [0.1, 0.15) is 15.2 Å². The summed E-state index contributed by atoms with van der Waals surface area (Å²) in [6, 6.07) is 12.2. The van der Waals surface area contributed by atoms with E-state index in [9.17, 15) is 9.59 Å². The Morgan fingerprint density at radius 1 is 1.14 bits per heavy atom. The molecule has 0 saturated carbocycles. The summed E-state index contributed by atoms with van der Waals surface area (Å²) in [5.41, 5.74) is 5.26. The third-order valence-corrected chi connectivity index (χ3v) is 4.30. The number of halogens is 1. The predicted molar refractivity (Wildman–Crippen MR) is 85.9 cm³/mol. The van der Waals surface area contributed by atoms with Crippen LogP contribution >= 0.6 is 27.3 Å². The first kappa shape index (κ1) is 15.5. The van der Waals surface area contributed by atoms with Crippen molar-refractivity contribution >= 4 is 39.2 Å². The van der Waals surface area contributed by atoms with Crippen LogP contribution in [0.3, 0.4) is 0 Å². The summed E-state index contributed by atoms with van der Waals surface area (Å²) in [5.74, 6) is -0.351. The molecular weight excluding hydrogens is 354 g/mol. The molecular formula is C14H14BrN3O2S. The lowest BCUT2D eigenvalue weighted by atomic mass is 10.2. The van der Waals surface area contributed by atoms with E-state index >= 15 is 0 Å². The van der Waals surface area contributed by atoms with Gasteiger partial charge in [-0.1, -0.05) is 18.2 Å². The van der Waals surface area contributed by atoms with Crippen LogP contribution in [-0.2, 0) is 6.54 Å². The minimum absolute atomic E-state index is 0.351. The molecule has 1 aromatic carbocycles. The van der Waals surface area contributed by atoms with Crippen molar-refractivity contribution in [1.82, 2.24) is 15.8 Å². The fourth-order valence-corrected chi connectivity index (χ4v) is 3.15. The average Bonchev–Trinajstić information content (AvgIpc) is 2.90. The van der Waals surface area contributed by atoms with Crippen molar-refractivity contribution in [2.75, 3.05) is 7.05 Å². The lowest BCUT2D eigenvalue weighted by Crippen LogP contribution is -2.47. The summed E-state index contributed by atoms with van der Waals surface area (Å²) in [7, 11) is 1.66. The van der Waals surface area contributed by atoms with Crippen LogP contribution in [0.2, 0.25) is 0 Å². The van der Waals surface area contributed by atoms with Crippen molar-refractivity contribution in [2.45, 2.75) is 6.54 Å². The Morgan fingerprint density at radius 2 is 1.86 bits per heavy atom. The van der Waals surface area contributed by atoms with Gasteiger partial charge in [0.05, 0.1) is 10.3 Å². The molecule has 0 bridgehead atoms. The highest BCUT2D eigenvalue weighted by Gasteiger charge is 2.11. The standard InChI is InChI=1S/C14H14BrN3O2S/c1-18(9-11-7-8-12(15)21-11)14(20)17-16-13(19)10-5-3-2-4-6-10/h2-8H,9H2,1H3,(H,16,19)(H,17,20). The van der Waals surface area contributed by atoms with Gasteiger partial charge in [0.25, 0.3) is 5.91 Å². The van der Waals surface area contributed by atoms with E-state index in [1.165, 1.54) is 4.90 Å². The number of carbonyl (C=O) groups excluding carboxylic acids is 2. The van der Waals surface area contributed by atoms with E-state index in [0.29, 0.717) is 12.1 Å². The summed E-state index contributed by atoms with van der Waals surface area (Å²) in [4.78, 5) is 26.2. The Labute approximate surface area is 135 Å². The Morgan fingerprint density at radius 3 is 2.48 bits per heavy atom. The van der Waals surface area contributed by atoms with Crippen LogP contribution in [0.25, 0.3) is 0 Å². The van der Waals surface area contributed by atoms with E-state index in [1.807, 2.05) is 18.2 Å². The van der Waals surface area contributed by atoms with Crippen LogP contribution in [0, 0.1) is 0 Å². The summed E-state index contributed by atoms with van der Waals surface area (Å²) >= 11 is 4.94. The summed E-state index contributed by atoms with van der Waals surface area (Å²) in [6.45, 7) is 0.476. The summed E-state index contributed by atoms with van der Waals surface area (Å²) in [5, 5.41) is 0. The second kappa shape index (κ2) is 7.24. The Hall–Kier alpha value is -1.86. The van der Waals surface area contributed by atoms with Crippen molar-refractivity contribution < 1.29 is 9.59 Å². The number of nitrogens with one attached hydrogen (secondary N) is 2. The maximum Gasteiger partial charge on any atom is 0.336 e. The van der Waals surface area contributed by atoms with Crippen LogP contribution in [0.15, 0.2) is 46.3 Å². The molecule has 0 unspecified atom stereocenters. The Bertz CT molecular complexity index is 630. The average molecular weight is 368 g/mol. The molecule has 0 aliphatic rings. The number of rotatable bonds is 3. The highest BCUT2D eigenvalue weighted by atomic mass is 79.9. The Balaban J connectivity index is 1.82. The van der Waals surface area contributed by atoms with Crippen LogP contribution in [0.4, 0.5) is 4.79 Å². The molecule has 2 aromatic rings. The molecule has 0 saturated heterocycles. The number of carbonyl (C=O) groups is 2. The molecule has 0 atom stereocenters. The summed E-state index contributed by atoms with van der Waals surface area (Å²) < 4.78 is 1.02. The molecule has 7 heteroatoms. The van der Waals surface area contributed by atoms with Gasteiger partial charge < -0.3 is 4.90 Å². The van der Waals surface area contributed by atoms with Gasteiger partial charge in [-0.15, -0.1) is 11.3 Å². The fourth-order valence-electron chi connectivity index (χ4n) is 1.61. The number of hydrogen-bond donors (Lipinski definition) is 2. The highest BCUT2D eigenvalue weighted by Crippen LogP contribution is 2.22. The van der Waals surface area contributed by atoms with Crippen LogP contribution < -0.4 is 10.9 Å². The molecule has 0 fully saturated rings. The monoisotopic (exact) mass is 367 g/mol. The SMILES string of the molecule is CN(Cc1ccc(Br)s1)C(=O)NNC(=O)c1ccccc1. The normalized spacial score (nSPS) is 10.0. The fraction of sp³-hybridized carbons (Fsp3) is 0.143. The van der Waals surface area contributed by atoms with Gasteiger partial charge in [0.1, 0.15) is 0 Å². The third kappa shape index (κ3) is 4.57. The highest BCUT2D eigenvalue weighted by molar-refractivity contribution is 9.11. The van der Waals surface area contributed by atoms with E-state index < -0.39 is 0 Å². The van der Waals surface area contributed by atoms with Gasteiger partial charge in [0, 0.05) is 17.5 Å². The first-order chi connectivity index (χ1) is 10.1. The maximum absolute atomic E-state index is 11.9. The molecule has 5 nitrogen and oxygen atoms in total. The first-order valence-corrected chi connectivity index (χ1v) is 7.78. The van der Waals surface area contributed by atoms with Gasteiger partial charge in [-0.25, -0.2) is 10.2 Å². The van der Waals surface area contributed by atoms with Gasteiger partial charge >= 0.3 is 6.03 Å². The smallest absolute Gasteiger partial charge is 0.321 e. The third-order valence-electron chi connectivity index (χ3n) is 2.69. The number of nitrogens with zero attached hydrogens (tertiary/aromatic N) is 1. The minimum atomic E-state index is -0.371. The molecule has 2 rings (SSSR count). The number of hydrogen-bond acceptors (Lipinski definition) is 3. The van der Waals surface area contributed by atoms with Gasteiger partial charge in [0.15, 0.2) is 0 Å². The van der Waals surface area contributed by atoms with Crippen molar-refractivity contribution in [3.05, 3.63) is 56.7 Å². The largest absolute Gasteiger partial charge is 0.336 e. The zero-order valence-corrected chi connectivity index (χ0v) is 13.7. The van der Waals surface area contributed by atoms with E-state index in [1.54, 1.807) is 42.6 Å². The van der Waals surface area contributed by atoms with E-state index in [-0.39, 0.29) is 11.9 Å². The molecule has 0 aliphatic heterocycles. The molecule has 0 radical (unpaired) electrons. The molecule has 0 aliphatic carbocycles. The van der Waals surface area contributed by atoms with Crippen molar-refractivity contribution in [3.63, 3.8) is 0 Å². The zero-order valence-electron chi connectivity index (χ0n) is 11.3. The molecule has 1 aromatic heterocycles. The van der Waals surface area contributed by atoms with Crippen molar-refractivity contribution in [1.29, 1.82) is 0 Å². The van der Waals surface area contributed by atoms with E-state index in [2.05, 4.69) is 26.8 Å². The molecule has 110 valence electrons. The van der Waals surface area contributed by atoms with Crippen LogP contribution in [0.5, 0.6) is 0 Å². The number of hydrazine groups is 1. The van der Waals surface area contributed by atoms with Gasteiger partial charge in [0.2, 0.25) is 0 Å². The van der Waals surface area contributed by atoms with Crippen molar-refractivity contribution in [3.8, 4) is 0 Å². The number of urea groups is 1. The van der Waals surface area contributed by atoms with Crippen LogP contribution in [-0.4, -0.2) is 23.9 Å². The summed E-state index contributed by atoms with van der Waals surface area (Å²) in [6.07, 6.45) is 0. The number of amides is 3. The minimum Gasteiger partial charge on any atom is -0.321 e. The molecule has 0 spiro atoms. The maximum atomic E-state index is 11.9. The second-order valence-electron chi connectivity index (χ2n) is 4.31. The van der Waals surface area contributed by atoms with Gasteiger partial charge in [-0.2, -0.15) is 0 Å². The van der Waals surface area contributed by atoms with E-state index in [0.717, 1.165) is 8.66 Å². The lowest BCUT2D eigenvalue weighted by Gasteiger charge is -2.17. The van der Waals surface area contributed by atoms with Crippen molar-refractivity contribution in [2.24, 2.45) is 0 Å². The molecule has 21 heavy (non-hydrogen) atoms. The topological polar surface area (TPSA) is 61.4 Å².